The number of ether oxygens (including phenoxy) is 3. The van der Waals surface area contributed by atoms with Crippen molar-refractivity contribution < 1.29 is 41.8 Å². The van der Waals surface area contributed by atoms with Gasteiger partial charge in [0, 0.05) is 12.3 Å². The second-order valence-electron chi connectivity index (χ2n) is 17.1. The van der Waals surface area contributed by atoms with E-state index in [4.69, 9.17) is 30.8 Å². The van der Waals surface area contributed by atoms with Crippen molar-refractivity contribution in [2.75, 3.05) is 13.7 Å². The molecule has 1 aromatic heterocycles. The number of carbonyl (C=O) groups excluding carboxylic acids is 4. The maximum atomic E-state index is 15.0. The highest BCUT2D eigenvalue weighted by molar-refractivity contribution is 7.91. The van der Waals surface area contributed by atoms with Crippen LogP contribution in [0.15, 0.2) is 43.0 Å². The van der Waals surface area contributed by atoms with Crippen molar-refractivity contribution in [3.63, 3.8) is 0 Å². The number of rotatable bonds is 8. The van der Waals surface area contributed by atoms with E-state index in [1.54, 1.807) is 19.2 Å². The second-order valence-corrected chi connectivity index (χ2v) is 19.4. The van der Waals surface area contributed by atoms with Crippen molar-refractivity contribution in [2.45, 2.75) is 125 Å². The van der Waals surface area contributed by atoms with Gasteiger partial charge >= 0.3 is 5.97 Å². The number of esters is 1. The van der Waals surface area contributed by atoms with Crippen LogP contribution in [-0.4, -0.2) is 84.7 Å². The lowest BCUT2D eigenvalue weighted by Crippen LogP contribution is -2.57. The van der Waals surface area contributed by atoms with Crippen LogP contribution < -0.4 is 19.5 Å². The van der Waals surface area contributed by atoms with E-state index in [1.807, 2.05) is 12.1 Å². The first-order valence-corrected chi connectivity index (χ1v) is 22.8. The predicted molar refractivity (Wildman–Crippen MR) is 216 cm³/mol. The van der Waals surface area contributed by atoms with Gasteiger partial charge in [-0.1, -0.05) is 48.7 Å². The minimum atomic E-state index is -3.90. The zero-order chi connectivity index (χ0) is 40.8. The molecule has 3 heterocycles. The van der Waals surface area contributed by atoms with E-state index in [0.717, 1.165) is 57.8 Å². The van der Waals surface area contributed by atoms with Crippen LogP contribution in [0.1, 0.15) is 95.5 Å². The molecule has 5 fully saturated rings. The van der Waals surface area contributed by atoms with Crippen molar-refractivity contribution >= 4 is 56.2 Å². The summed E-state index contributed by atoms with van der Waals surface area (Å²) in [5.74, 6) is -2.46. The summed E-state index contributed by atoms with van der Waals surface area (Å²) >= 11 is 6.71. The van der Waals surface area contributed by atoms with Gasteiger partial charge in [0.2, 0.25) is 27.7 Å². The Bertz CT molecular complexity index is 2120. The highest BCUT2D eigenvalue weighted by Crippen LogP contribution is 2.46. The first-order chi connectivity index (χ1) is 27.9. The van der Waals surface area contributed by atoms with E-state index in [9.17, 15) is 27.6 Å². The molecule has 2 bridgehead atoms. The summed E-state index contributed by atoms with van der Waals surface area (Å²) in [5.41, 5.74) is -0.318. The summed E-state index contributed by atoms with van der Waals surface area (Å²) in [6.07, 6.45) is 14.0. The van der Waals surface area contributed by atoms with Gasteiger partial charge in [0.15, 0.2) is 0 Å². The average Bonchev–Trinajstić information content (AvgIpc) is 3.99. The topological polar surface area (TPSA) is 170 Å². The summed E-state index contributed by atoms with van der Waals surface area (Å²) in [4.78, 5) is 63.4. The number of methoxy groups -OCH3 is 1. The Kier molecular flexibility index (Phi) is 11.5. The number of hydrogen-bond acceptors (Lipinski definition) is 10. The molecular weight excluding hydrogens is 784 g/mol. The molecule has 7 atom stereocenters. The fourth-order valence-electron chi connectivity index (χ4n) is 9.85. The standard InChI is InChI=1S/C43H53ClN4O9S/c1-3-27-23-43(27,42(52)47-58(53,54)29-19-20-29)46-39(50)34-21-28-24-48(34)41(51)31(25-11-7-8-12-25)22-36(49)57-35-18-9-14-26(35)13-5-4-6-15-30-38(55-2)37-32(44)16-10-17-33(37)45-40(30)56-28/h3-4,6,10,16-17,25-29,31,34-35H,1,5,7-9,11-15,18-24H2,2H3,(H,46,50)(H,47,52)/b6-4+/t26-,27-,28-,31+,34+,35-,43-/m1/s1. The molecule has 2 N–H and O–H groups in total. The highest BCUT2D eigenvalue weighted by atomic mass is 35.5. The maximum absolute atomic E-state index is 15.0. The minimum absolute atomic E-state index is 0.00683. The first kappa shape index (κ1) is 40.6. The van der Waals surface area contributed by atoms with Crippen molar-refractivity contribution in [1.82, 2.24) is 19.9 Å². The molecule has 3 amide bonds. The lowest BCUT2D eigenvalue weighted by atomic mass is 9.86. The SMILES string of the molecule is C=C[C@@H]1C[C@]1(NC(=O)[C@@H]1C[C@@H]2CN1C(=O)[C@H](C1CCCC1)CC(=O)O[C@@H]1CCC[C@H]1CC/C=C/Cc1c(nc3cccc(Cl)c3c1OC)O2)C(=O)NS(=O)(=O)C1CC1. The van der Waals surface area contributed by atoms with Crippen LogP contribution in [0.25, 0.3) is 10.9 Å². The van der Waals surface area contributed by atoms with Gasteiger partial charge in [-0.15, -0.1) is 6.58 Å². The fourth-order valence-corrected chi connectivity index (χ4v) is 11.5. The number of halogens is 1. The van der Waals surface area contributed by atoms with Crippen LogP contribution in [-0.2, 0) is 40.4 Å². The summed E-state index contributed by atoms with van der Waals surface area (Å²) in [6, 6.07) is 4.29. The molecule has 2 aromatic rings. The Balaban J connectivity index is 1.16. The Morgan fingerprint density at radius 2 is 1.81 bits per heavy atom. The molecule has 4 saturated carbocycles. The number of aromatic nitrogens is 1. The summed E-state index contributed by atoms with van der Waals surface area (Å²) in [7, 11) is -2.33. The number of fused-ring (bicyclic) bond motifs is 5. The van der Waals surface area contributed by atoms with E-state index in [1.165, 1.54) is 11.0 Å². The van der Waals surface area contributed by atoms with Gasteiger partial charge in [0.05, 0.1) is 52.7 Å². The first-order valence-electron chi connectivity index (χ1n) is 20.9. The van der Waals surface area contributed by atoms with E-state index < -0.39 is 62.6 Å². The van der Waals surface area contributed by atoms with Gasteiger partial charge in [-0.3, -0.25) is 23.9 Å². The number of benzene rings is 1. The average molecular weight is 837 g/mol. The fraction of sp³-hybridized carbons (Fsp3) is 0.605. The van der Waals surface area contributed by atoms with E-state index in [2.05, 4.69) is 22.7 Å². The number of pyridine rings is 1. The molecule has 13 nitrogen and oxygen atoms in total. The smallest absolute Gasteiger partial charge is 0.306 e. The van der Waals surface area contributed by atoms with E-state index in [0.29, 0.717) is 46.5 Å². The highest BCUT2D eigenvalue weighted by Gasteiger charge is 2.62. The number of carbonyl (C=O) groups is 4. The quantitative estimate of drug-likeness (QED) is 0.248. The molecule has 6 aliphatic rings. The van der Waals surface area contributed by atoms with Crippen molar-refractivity contribution in [2.24, 2.45) is 23.7 Å². The number of nitrogens with one attached hydrogen (secondary N) is 2. The molecular formula is C43H53ClN4O9S. The van der Waals surface area contributed by atoms with E-state index in [-0.39, 0.29) is 55.5 Å². The zero-order valence-electron chi connectivity index (χ0n) is 33.0. The Morgan fingerprint density at radius 1 is 1.03 bits per heavy atom. The number of amides is 3. The number of nitrogens with zero attached hydrogens (tertiary/aromatic N) is 2. The molecule has 1 aromatic carbocycles. The van der Waals surface area contributed by atoms with Crippen LogP contribution in [0.3, 0.4) is 0 Å². The van der Waals surface area contributed by atoms with Gasteiger partial charge in [0.1, 0.15) is 29.5 Å². The molecule has 0 radical (unpaired) electrons. The van der Waals surface area contributed by atoms with Crippen molar-refractivity contribution in [3.05, 3.63) is 53.6 Å². The van der Waals surface area contributed by atoms with Crippen LogP contribution in [0, 0.1) is 23.7 Å². The number of sulfonamides is 1. The molecule has 2 aliphatic heterocycles. The van der Waals surface area contributed by atoms with Gasteiger partial charge in [-0.05, 0) is 94.6 Å². The van der Waals surface area contributed by atoms with Crippen LogP contribution in [0.2, 0.25) is 5.02 Å². The van der Waals surface area contributed by atoms with Crippen molar-refractivity contribution in [1.29, 1.82) is 0 Å². The lowest BCUT2D eigenvalue weighted by molar-refractivity contribution is -0.156. The third kappa shape index (κ3) is 8.07. The Labute approximate surface area is 344 Å². The molecule has 312 valence electrons. The third-order valence-electron chi connectivity index (χ3n) is 13.3. The molecule has 8 rings (SSSR count). The maximum Gasteiger partial charge on any atom is 0.306 e. The summed E-state index contributed by atoms with van der Waals surface area (Å²) < 4.78 is 46.7. The largest absolute Gasteiger partial charge is 0.495 e. The third-order valence-corrected chi connectivity index (χ3v) is 15.4. The van der Waals surface area contributed by atoms with Crippen LogP contribution in [0.4, 0.5) is 0 Å². The summed E-state index contributed by atoms with van der Waals surface area (Å²) in [6.45, 7) is 3.83. The molecule has 0 spiro atoms. The number of allylic oxidation sites excluding steroid dienone is 2. The van der Waals surface area contributed by atoms with Gasteiger partial charge < -0.3 is 24.4 Å². The Morgan fingerprint density at radius 3 is 2.53 bits per heavy atom. The molecule has 15 heteroatoms. The molecule has 4 aliphatic carbocycles. The van der Waals surface area contributed by atoms with Gasteiger partial charge in [-0.25, -0.2) is 13.4 Å². The number of hydrogen-bond donors (Lipinski definition) is 2. The predicted octanol–water partition coefficient (Wildman–Crippen LogP) is 5.72. The molecule has 58 heavy (non-hydrogen) atoms. The van der Waals surface area contributed by atoms with Crippen LogP contribution in [0.5, 0.6) is 11.6 Å². The van der Waals surface area contributed by atoms with Crippen LogP contribution >= 0.6 is 11.6 Å². The van der Waals surface area contributed by atoms with E-state index >= 15 is 0 Å². The normalized spacial score (nSPS) is 31.2. The van der Waals surface area contributed by atoms with Gasteiger partial charge in [0.25, 0.3) is 5.91 Å². The van der Waals surface area contributed by atoms with Crippen molar-refractivity contribution in [3.8, 4) is 11.6 Å². The monoisotopic (exact) mass is 836 g/mol. The molecule has 0 unspecified atom stereocenters. The minimum Gasteiger partial charge on any atom is -0.495 e. The second kappa shape index (κ2) is 16.5. The lowest BCUT2D eigenvalue weighted by Gasteiger charge is -2.32. The summed E-state index contributed by atoms with van der Waals surface area (Å²) in [5, 5.41) is 3.36. The zero-order valence-corrected chi connectivity index (χ0v) is 34.5. The Hall–Kier alpha value is -4.17. The van der Waals surface area contributed by atoms with Gasteiger partial charge in [-0.2, -0.15) is 0 Å². The molecule has 1 saturated heterocycles.